The molecular formula is C17H20O4. The summed E-state index contributed by atoms with van der Waals surface area (Å²) in [6.45, 7) is 0. The van der Waals surface area contributed by atoms with Crippen LogP contribution < -0.4 is 0 Å². The van der Waals surface area contributed by atoms with Crippen LogP contribution in [0.25, 0.3) is 0 Å². The fraction of sp³-hybridized carbons (Fsp3) is 0.529. The van der Waals surface area contributed by atoms with Gasteiger partial charge in [-0.25, -0.2) is 0 Å². The summed E-state index contributed by atoms with van der Waals surface area (Å²) in [5.74, 6) is 0.0419. The molecule has 0 saturated carbocycles. The van der Waals surface area contributed by atoms with Crippen molar-refractivity contribution in [1.82, 2.24) is 0 Å². The van der Waals surface area contributed by atoms with Crippen molar-refractivity contribution in [2.45, 2.75) is 56.8 Å². The highest BCUT2D eigenvalue weighted by molar-refractivity contribution is 5.79. The van der Waals surface area contributed by atoms with Crippen LogP contribution in [0.3, 0.4) is 0 Å². The molecule has 1 aromatic carbocycles. The Morgan fingerprint density at radius 2 is 1.95 bits per heavy atom. The van der Waals surface area contributed by atoms with E-state index in [1.54, 1.807) is 0 Å². The normalized spacial score (nSPS) is 28.0. The van der Waals surface area contributed by atoms with Gasteiger partial charge in [-0.05, 0) is 12.0 Å². The number of fused-ring (bicyclic) bond motifs is 2. The monoisotopic (exact) mass is 288 g/mol. The Hall–Kier alpha value is -1.68. The van der Waals surface area contributed by atoms with E-state index < -0.39 is 0 Å². The fourth-order valence-corrected chi connectivity index (χ4v) is 3.13. The third kappa shape index (κ3) is 3.91. The van der Waals surface area contributed by atoms with E-state index in [1.165, 1.54) is 5.56 Å². The van der Waals surface area contributed by atoms with Gasteiger partial charge >= 0.3 is 5.97 Å². The predicted octanol–water partition coefficient (Wildman–Crippen LogP) is 2.44. The Balaban J connectivity index is 1.46. The minimum absolute atomic E-state index is 0.0584. The Labute approximate surface area is 124 Å². The second-order valence-electron chi connectivity index (χ2n) is 5.90. The van der Waals surface area contributed by atoms with Gasteiger partial charge in [-0.1, -0.05) is 30.3 Å². The van der Waals surface area contributed by atoms with Crippen molar-refractivity contribution >= 4 is 11.8 Å². The van der Waals surface area contributed by atoms with Gasteiger partial charge in [0.15, 0.2) is 0 Å². The summed E-state index contributed by atoms with van der Waals surface area (Å²) in [5.41, 5.74) is 1.18. The van der Waals surface area contributed by atoms with Gasteiger partial charge in [0.2, 0.25) is 0 Å². The van der Waals surface area contributed by atoms with Crippen LogP contribution in [0, 0.1) is 0 Å². The number of hydrogen-bond donors (Lipinski definition) is 0. The molecule has 0 amide bonds. The van der Waals surface area contributed by atoms with Gasteiger partial charge in [0.25, 0.3) is 0 Å². The van der Waals surface area contributed by atoms with Crippen molar-refractivity contribution in [3.8, 4) is 0 Å². The van der Waals surface area contributed by atoms with E-state index in [-0.39, 0.29) is 30.1 Å². The number of esters is 1. The van der Waals surface area contributed by atoms with Crippen molar-refractivity contribution < 1.29 is 19.1 Å². The van der Waals surface area contributed by atoms with Crippen molar-refractivity contribution in [2.24, 2.45) is 0 Å². The number of aryl methyl sites for hydroxylation is 1. The Kier molecular flexibility index (Phi) is 4.34. The second kappa shape index (κ2) is 6.39. The number of Topliss-reactive ketones (excluding diaryl/α,β-unsaturated/α-hetero) is 1. The summed E-state index contributed by atoms with van der Waals surface area (Å²) in [7, 11) is 0. The maximum absolute atomic E-state index is 12.1. The van der Waals surface area contributed by atoms with Gasteiger partial charge in [0.05, 0.1) is 18.6 Å². The van der Waals surface area contributed by atoms with Crippen molar-refractivity contribution in [1.29, 1.82) is 0 Å². The van der Waals surface area contributed by atoms with Gasteiger partial charge in [0.1, 0.15) is 11.9 Å². The van der Waals surface area contributed by atoms with Gasteiger partial charge in [-0.2, -0.15) is 0 Å². The van der Waals surface area contributed by atoms with E-state index in [2.05, 4.69) is 0 Å². The molecule has 0 aromatic heterocycles. The summed E-state index contributed by atoms with van der Waals surface area (Å²) < 4.78 is 11.1. The molecule has 2 aliphatic heterocycles. The molecule has 3 rings (SSSR count). The summed E-state index contributed by atoms with van der Waals surface area (Å²) in [6, 6.07) is 10.0. The van der Waals surface area contributed by atoms with Crippen molar-refractivity contribution in [3.63, 3.8) is 0 Å². The highest BCUT2D eigenvalue weighted by atomic mass is 16.6. The zero-order valence-corrected chi connectivity index (χ0v) is 12.0. The molecule has 4 nitrogen and oxygen atoms in total. The average molecular weight is 288 g/mol. The molecule has 112 valence electrons. The summed E-state index contributed by atoms with van der Waals surface area (Å²) in [6.07, 6.45) is 3.29. The highest BCUT2D eigenvalue weighted by Gasteiger charge is 2.37. The minimum atomic E-state index is -0.176. The van der Waals surface area contributed by atoms with Gasteiger partial charge < -0.3 is 9.47 Å². The first-order valence-corrected chi connectivity index (χ1v) is 7.59. The van der Waals surface area contributed by atoms with E-state index in [4.69, 9.17) is 9.47 Å². The van der Waals surface area contributed by atoms with Crippen molar-refractivity contribution in [3.05, 3.63) is 35.9 Å². The Bertz CT molecular complexity index is 495. The zero-order chi connectivity index (χ0) is 14.7. The smallest absolute Gasteiger partial charge is 0.308 e. The topological polar surface area (TPSA) is 52.6 Å². The molecule has 0 spiro atoms. The molecule has 0 aliphatic carbocycles. The number of ether oxygens (including phenoxy) is 2. The maximum Gasteiger partial charge on any atom is 0.308 e. The highest BCUT2D eigenvalue weighted by Crippen LogP contribution is 2.30. The lowest BCUT2D eigenvalue weighted by molar-refractivity contribution is -0.184. The summed E-state index contributed by atoms with van der Waals surface area (Å²) in [5, 5.41) is 0. The molecule has 0 N–H and O–H groups in total. The molecule has 1 aromatic rings. The molecule has 4 heteroatoms. The molecule has 21 heavy (non-hydrogen) atoms. The van der Waals surface area contributed by atoms with Crippen LogP contribution in [0.15, 0.2) is 30.3 Å². The lowest BCUT2D eigenvalue weighted by Gasteiger charge is -2.38. The molecular weight excluding hydrogens is 268 g/mol. The van der Waals surface area contributed by atoms with Gasteiger partial charge in [-0.3, -0.25) is 9.59 Å². The molecule has 0 radical (unpaired) electrons. The quantitative estimate of drug-likeness (QED) is 0.781. The first kappa shape index (κ1) is 14.3. The number of carbonyl (C=O) groups is 2. The minimum Gasteiger partial charge on any atom is -0.462 e. The molecule has 2 bridgehead atoms. The van der Waals surface area contributed by atoms with Crippen LogP contribution in [-0.2, 0) is 25.5 Å². The van der Waals surface area contributed by atoms with Gasteiger partial charge in [0, 0.05) is 25.7 Å². The zero-order valence-electron chi connectivity index (χ0n) is 12.0. The van der Waals surface area contributed by atoms with E-state index in [1.807, 2.05) is 30.3 Å². The Morgan fingerprint density at radius 1 is 1.14 bits per heavy atom. The lowest BCUT2D eigenvalue weighted by atomic mass is 9.93. The standard InChI is InChI=1S/C17H20O4/c18-13(7-6-12-4-2-1-3-5-12)8-14-9-15-10-16(20-14)11-17(19)21-15/h1-5,14-16H,6-11H2/t14-,15-,16+/m0/s1. The number of carbonyl (C=O) groups excluding carboxylic acids is 2. The summed E-state index contributed by atoms with van der Waals surface area (Å²) in [4.78, 5) is 23.4. The number of hydrogen-bond acceptors (Lipinski definition) is 4. The fourth-order valence-electron chi connectivity index (χ4n) is 3.13. The summed E-state index contributed by atoms with van der Waals surface area (Å²) >= 11 is 0. The lowest BCUT2D eigenvalue weighted by Crippen LogP contribution is -2.44. The number of rotatable bonds is 5. The van der Waals surface area contributed by atoms with Crippen LogP contribution in [-0.4, -0.2) is 30.1 Å². The third-order valence-corrected chi connectivity index (χ3v) is 4.12. The van der Waals surface area contributed by atoms with Crippen LogP contribution in [0.5, 0.6) is 0 Å². The number of benzene rings is 1. The second-order valence-corrected chi connectivity index (χ2v) is 5.90. The molecule has 0 unspecified atom stereocenters. The predicted molar refractivity (Wildman–Crippen MR) is 76.8 cm³/mol. The molecule has 2 heterocycles. The third-order valence-electron chi connectivity index (χ3n) is 4.12. The Morgan fingerprint density at radius 3 is 2.71 bits per heavy atom. The molecule has 2 fully saturated rings. The largest absolute Gasteiger partial charge is 0.462 e. The van der Waals surface area contributed by atoms with Crippen molar-refractivity contribution in [2.75, 3.05) is 0 Å². The molecule has 3 atom stereocenters. The van der Waals surface area contributed by atoms with Crippen LogP contribution in [0.2, 0.25) is 0 Å². The van der Waals surface area contributed by atoms with Crippen LogP contribution >= 0.6 is 0 Å². The first-order valence-electron chi connectivity index (χ1n) is 7.59. The SMILES string of the molecule is O=C(CCc1ccccc1)C[C@H]1C[C@H]2C[C@H](CC(=O)O2)O1. The van der Waals surface area contributed by atoms with Crippen LogP contribution in [0.1, 0.15) is 37.7 Å². The van der Waals surface area contributed by atoms with E-state index in [0.29, 0.717) is 25.7 Å². The maximum atomic E-state index is 12.1. The number of ketones is 1. The molecule has 2 aliphatic rings. The molecule has 2 saturated heterocycles. The van der Waals surface area contributed by atoms with E-state index >= 15 is 0 Å². The van der Waals surface area contributed by atoms with E-state index in [9.17, 15) is 9.59 Å². The first-order chi connectivity index (χ1) is 10.2. The van der Waals surface area contributed by atoms with Crippen LogP contribution in [0.4, 0.5) is 0 Å². The van der Waals surface area contributed by atoms with E-state index in [0.717, 1.165) is 12.8 Å². The average Bonchev–Trinajstić information content (AvgIpc) is 2.45. The van der Waals surface area contributed by atoms with Gasteiger partial charge in [-0.15, -0.1) is 0 Å².